The lowest BCUT2D eigenvalue weighted by atomic mass is 10.1. The van der Waals surface area contributed by atoms with Gasteiger partial charge in [-0.1, -0.05) is 6.07 Å². The number of anilines is 1. The average Bonchev–Trinajstić information content (AvgIpc) is 3.00. The molecule has 4 rings (SSSR count). The number of aryl methyl sites for hydroxylation is 2. The van der Waals surface area contributed by atoms with Crippen molar-refractivity contribution in [1.82, 2.24) is 4.98 Å². The molecule has 0 atom stereocenters. The summed E-state index contributed by atoms with van der Waals surface area (Å²) in [6, 6.07) is 15.3. The van der Waals surface area contributed by atoms with Crippen LogP contribution in [0, 0.1) is 13.8 Å². The first kappa shape index (κ1) is 23.6. The molecule has 0 unspecified atom stereocenters. The second kappa shape index (κ2) is 11.0. The monoisotopic (exact) mass is 546 g/mol. The molecule has 0 spiro atoms. The van der Waals surface area contributed by atoms with Crippen LogP contribution < -0.4 is 25.3 Å². The summed E-state index contributed by atoms with van der Waals surface area (Å²) in [6.07, 6.45) is 2.57. The molecule has 0 bridgehead atoms. The third-order valence-corrected chi connectivity index (χ3v) is 4.95. The maximum absolute atomic E-state index is 6.07. The van der Waals surface area contributed by atoms with E-state index in [0.717, 1.165) is 29.2 Å². The minimum Gasteiger partial charge on any atom is -0.490 e. The number of nitrogens with one attached hydrogen (secondary N) is 1. The number of guanidine groups is 1. The van der Waals surface area contributed by atoms with Crippen LogP contribution in [0.3, 0.4) is 0 Å². The summed E-state index contributed by atoms with van der Waals surface area (Å²) < 4.78 is 17.2. The number of nitrogens with zero attached hydrogens (tertiary/aromatic N) is 2. The average molecular weight is 546 g/mol. The molecule has 0 radical (unpaired) electrons. The predicted molar refractivity (Wildman–Crippen MR) is 137 cm³/mol. The Labute approximate surface area is 205 Å². The Bertz CT molecular complexity index is 1100. The van der Waals surface area contributed by atoms with Gasteiger partial charge in [-0.25, -0.2) is 9.98 Å². The van der Waals surface area contributed by atoms with Gasteiger partial charge in [0.2, 0.25) is 5.88 Å². The zero-order valence-electron chi connectivity index (χ0n) is 18.1. The number of ether oxygens (including phenoxy) is 3. The second-order valence-corrected chi connectivity index (χ2v) is 7.39. The molecular weight excluding hydrogens is 519 g/mol. The van der Waals surface area contributed by atoms with Crippen LogP contribution in [-0.2, 0) is 6.54 Å². The Morgan fingerprint density at radius 3 is 2.66 bits per heavy atom. The van der Waals surface area contributed by atoms with Crippen LogP contribution in [-0.4, -0.2) is 24.2 Å². The van der Waals surface area contributed by atoms with Gasteiger partial charge in [0.05, 0.1) is 19.8 Å². The molecule has 0 saturated heterocycles. The molecule has 32 heavy (non-hydrogen) atoms. The SMILES string of the molecule is Cc1ccc(Oc2cc(CN=C(N)Nc3ccc4c(c3)OCCCO4)ccn2)cc1C.I. The third-order valence-electron chi connectivity index (χ3n) is 4.95. The van der Waals surface area contributed by atoms with Crippen molar-refractivity contribution in [2.45, 2.75) is 26.8 Å². The maximum Gasteiger partial charge on any atom is 0.219 e. The maximum atomic E-state index is 6.07. The summed E-state index contributed by atoms with van der Waals surface area (Å²) in [5.74, 6) is 3.03. The number of aromatic nitrogens is 1. The third kappa shape index (κ3) is 6.25. The zero-order valence-corrected chi connectivity index (χ0v) is 20.5. The van der Waals surface area contributed by atoms with E-state index >= 15 is 0 Å². The number of hydrogen-bond donors (Lipinski definition) is 2. The largest absolute Gasteiger partial charge is 0.490 e. The van der Waals surface area contributed by atoms with Crippen LogP contribution in [0.1, 0.15) is 23.1 Å². The van der Waals surface area contributed by atoms with Gasteiger partial charge in [0.15, 0.2) is 17.5 Å². The molecule has 3 N–H and O–H groups in total. The summed E-state index contributed by atoms with van der Waals surface area (Å²) in [5.41, 5.74) is 10.2. The molecule has 0 aliphatic carbocycles. The van der Waals surface area contributed by atoms with Crippen LogP contribution in [0.25, 0.3) is 0 Å². The minimum atomic E-state index is 0. The first-order valence-corrected chi connectivity index (χ1v) is 10.2. The van der Waals surface area contributed by atoms with Crippen molar-refractivity contribution in [2.75, 3.05) is 18.5 Å². The highest BCUT2D eigenvalue weighted by molar-refractivity contribution is 14.0. The number of hydrogen-bond acceptors (Lipinski definition) is 5. The number of aliphatic imine (C=N–C) groups is 1. The van der Waals surface area contributed by atoms with Crippen LogP contribution in [0.5, 0.6) is 23.1 Å². The first-order chi connectivity index (χ1) is 15.1. The van der Waals surface area contributed by atoms with E-state index in [9.17, 15) is 0 Å². The van der Waals surface area contributed by atoms with Crippen molar-refractivity contribution in [1.29, 1.82) is 0 Å². The number of pyridine rings is 1. The summed E-state index contributed by atoms with van der Waals surface area (Å²) >= 11 is 0. The number of halogens is 1. The van der Waals surface area contributed by atoms with Crippen LogP contribution in [0.2, 0.25) is 0 Å². The molecular formula is C24H27IN4O3. The quantitative estimate of drug-likeness (QED) is 0.260. The van der Waals surface area contributed by atoms with E-state index in [2.05, 4.69) is 29.1 Å². The molecule has 0 fully saturated rings. The van der Waals surface area contributed by atoms with Gasteiger partial charge >= 0.3 is 0 Å². The highest BCUT2D eigenvalue weighted by Crippen LogP contribution is 2.32. The molecule has 1 aliphatic rings. The Morgan fingerprint density at radius 1 is 1.03 bits per heavy atom. The van der Waals surface area contributed by atoms with Crippen molar-refractivity contribution < 1.29 is 14.2 Å². The Balaban J connectivity index is 0.00000289. The predicted octanol–water partition coefficient (Wildman–Crippen LogP) is 5.20. The molecule has 3 aromatic rings. The summed E-state index contributed by atoms with van der Waals surface area (Å²) in [6.45, 7) is 5.81. The fraction of sp³-hybridized carbons (Fsp3) is 0.250. The fourth-order valence-electron chi connectivity index (χ4n) is 3.11. The van der Waals surface area contributed by atoms with Crippen LogP contribution >= 0.6 is 24.0 Å². The molecule has 7 nitrogen and oxygen atoms in total. The minimum absolute atomic E-state index is 0. The first-order valence-electron chi connectivity index (χ1n) is 10.2. The van der Waals surface area contributed by atoms with E-state index in [1.54, 1.807) is 6.20 Å². The number of fused-ring (bicyclic) bond motifs is 1. The van der Waals surface area contributed by atoms with Gasteiger partial charge in [0, 0.05) is 30.4 Å². The van der Waals surface area contributed by atoms with E-state index in [1.165, 1.54) is 11.1 Å². The summed E-state index contributed by atoms with van der Waals surface area (Å²) in [4.78, 5) is 8.71. The molecule has 0 amide bonds. The molecule has 168 valence electrons. The molecule has 0 saturated carbocycles. The smallest absolute Gasteiger partial charge is 0.219 e. The Hall–Kier alpha value is -3.01. The highest BCUT2D eigenvalue weighted by atomic mass is 127. The summed E-state index contributed by atoms with van der Waals surface area (Å²) in [7, 11) is 0. The summed E-state index contributed by atoms with van der Waals surface area (Å²) in [5, 5.41) is 3.09. The lowest BCUT2D eigenvalue weighted by Gasteiger charge is -2.11. The Kier molecular flexibility index (Phi) is 8.15. The van der Waals surface area contributed by atoms with Gasteiger partial charge in [-0.15, -0.1) is 24.0 Å². The van der Waals surface area contributed by atoms with Crippen LogP contribution in [0.15, 0.2) is 59.7 Å². The molecule has 1 aliphatic heterocycles. The van der Waals surface area contributed by atoms with Gasteiger partial charge in [0.25, 0.3) is 0 Å². The van der Waals surface area contributed by atoms with Gasteiger partial charge in [-0.3, -0.25) is 0 Å². The van der Waals surface area contributed by atoms with E-state index in [0.29, 0.717) is 37.3 Å². The van der Waals surface area contributed by atoms with E-state index in [-0.39, 0.29) is 24.0 Å². The van der Waals surface area contributed by atoms with E-state index in [4.69, 9.17) is 19.9 Å². The molecule has 2 aromatic carbocycles. The normalized spacial score (nSPS) is 13.0. The second-order valence-electron chi connectivity index (χ2n) is 7.39. The molecule has 1 aromatic heterocycles. The fourth-order valence-corrected chi connectivity index (χ4v) is 3.11. The zero-order chi connectivity index (χ0) is 21.6. The highest BCUT2D eigenvalue weighted by Gasteiger charge is 2.11. The van der Waals surface area contributed by atoms with Gasteiger partial charge in [-0.05, 0) is 60.9 Å². The van der Waals surface area contributed by atoms with E-state index < -0.39 is 0 Å². The standard InChI is InChI=1S/C24H26N4O3.HI/c1-16-4-6-20(12-17(16)2)31-23-13-18(8-9-26-23)15-27-24(25)28-19-5-7-21-22(14-19)30-11-3-10-29-21;/h4-9,12-14H,3,10-11,15H2,1-2H3,(H3,25,27,28);1H. The van der Waals surface area contributed by atoms with Crippen molar-refractivity contribution >= 4 is 35.6 Å². The number of rotatable bonds is 5. The molecule has 2 heterocycles. The van der Waals surface area contributed by atoms with Crippen molar-refractivity contribution in [3.8, 4) is 23.1 Å². The van der Waals surface area contributed by atoms with Crippen molar-refractivity contribution in [3.63, 3.8) is 0 Å². The topological polar surface area (TPSA) is 91.0 Å². The van der Waals surface area contributed by atoms with Gasteiger partial charge in [-0.2, -0.15) is 0 Å². The molecule has 8 heteroatoms. The van der Waals surface area contributed by atoms with Crippen molar-refractivity contribution in [3.05, 3.63) is 71.4 Å². The van der Waals surface area contributed by atoms with Crippen LogP contribution in [0.4, 0.5) is 5.69 Å². The number of benzene rings is 2. The Morgan fingerprint density at radius 2 is 1.84 bits per heavy atom. The van der Waals surface area contributed by atoms with E-state index in [1.807, 2.05) is 48.5 Å². The van der Waals surface area contributed by atoms with Gasteiger partial charge in [0.1, 0.15) is 5.75 Å². The lowest BCUT2D eigenvalue weighted by Crippen LogP contribution is -2.22. The number of nitrogens with two attached hydrogens (primary N) is 1. The van der Waals surface area contributed by atoms with Crippen molar-refractivity contribution in [2.24, 2.45) is 10.7 Å². The lowest BCUT2D eigenvalue weighted by molar-refractivity contribution is 0.297. The van der Waals surface area contributed by atoms with Gasteiger partial charge < -0.3 is 25.3 Å².